The second-order valence-corrected chi connectivity index (χ2v) is 27.8. The van der Waals surface area contributed by atoms with Crippen LogP contribution in [0.25, 0.3) is 94.3 Å². The Morgan fingerprint density at radius 1 is 0.542 bits per heavy atom. The molecule has 10 rings (SSSR count). The molecule has 0 spiro atoms. The molecule has 0 saturated heterocycles. The van der Waals surface area contributed by atoms with Crippen molar-refractivity contribution >= 4 is 70.3 Å². The van der Waals surface area contributed by atoms with Crippen molar-refractivity contribution in [3.63, 3.8) is 0 Å². The molecule has 3 heterocycles. The molecule has 0 aliphatic heterocycles. The summed E-state index contributed by atoms with van der Waals surface area (Å²) in [6, 6.07) is 52.9. The summed E-state index contributed by atoms with van der Waals surface area (Å²) < 4.78 is 9.09. The number of hydrogen-bond acceptors (Lipinski definition) is 4. The van der Waals surface area contributed by atoms with Crippen molar-refractivity contribution in [3.05, 3.63) is 158 Å². The number of phenols is 1. The predicted molar refractivity (Wildman–Crippen MR) is 253 cm³/mol. The summed E-state index contributed by atoms with van der Waals surface area (Å²) >= 11 is 0. The molecule has 288 valence electrons. The van der Waals surface area contributed by atoms with Gasteiger partial charge < -0.3 is 9.52 Å². The van der Waals surface area contributed by atoms with Gasteiger partial charge in [0.15, 0.2) is 0 Å². The zero-order chi connectivity index (χ0) is 40.6. The Balaban J connectivity index is 1.31. The fraction of sp³-hybridized carbons (Fsp3) is 0.115. The van der Waals surface area contributed by atoms with Crippen LogP contribution in [0.2, 0.25) is 39.3 Å². The summed E-state index contributed by atoms with van der Waals surface area (Å²) in [6.07, 6.45) is 2.07. The Morgan fingerprint density at radius 2 is 1.27 bits per heavy atom. The first-order valence-corrected chi connectivity index (χ1v) is 27.3. The second kappa shape index (κ2) is 13.8. The van der Waals surface area contributed by atoms with Gasteiger partial charge in [0.25, 0.3) is 0 Å². The van der Waals surface area contributed by atoms with Gasteiger partial charge in [0.2, 0.25) is 0 Å². The Kier molecular flexibility index (Phi) is 8.60. The largest absolute Gasteiger partial charge is 0.507 e. The van der Waals surface area contributed by atoms with Crippen LogP contribution in [-0.4, -0.2) is 35.8 Å². The van der Waals surface area contributed by atoms with Gasteiger partial charge in [-0.15, -0.1) is 0 Å². The number of rotatable bonds is 7. The van der Waals surface area contributed by atoms with E-state index >= 15 is 0 Å². The van der Waals surface area contributed by atoms with E-state index < -0.39 is 16.1 Å². The number of pyridine rings is 1. The van der Waals surface area contributed by atoms with E-state index in [9.17, 15) is 5.11 Å². The van der Waals surface area contributed by atoms with Crippen LogP contribution in [0.5, 0.6) is 5.75 Å². The Morgan fingerprint density at radius 3 is 2.02 bits per heavy atom. The number of phenolic OH excluding ortho intramolecular Hbond substituents is 1. The molecule has 0 radical (unpaired) electrons. The molecule has 7 aromatic carbocycles. The standard InChI is InChI=1S/C52H45N3O2Si2/c1-58(2,3)37-24-26-45(53-32-37)36-27-43-40-20-12-13-22-49(40)57-51(43)44(28-36)42-30-38(59(4,5)6)31-47-50(42)54-52(55(47)46-21-14-18-34-17-10-11-19-39(34)46)41-25-23-35(29-48(41)56)33-15-8-7-9-16-33/h7-32,56H,1-6H3. The van der Waals surface area contributed by atoms with E-state index in [1.54, 1.807) is 0 Å². The van der Waals surface area contributed by atoms with E-state index in [0.29, 0.717) is 11.4 Å². The zero-order valence-corrected chi connectivity index (χ0v) is 36.2. The van der Waals surface area contributed by atoms with E-state index in [2.05, 4.69) is 159 Å². The molecule has 0 atom stereocenters. The van der Waals surface area contributed by atoms with E-state index in [-0.39, 0.29) is 5.75 Å². The van der Waals surface area contributed by atoms with Gasteiger partial charge in [-0.1, -0.05) is 148 Å². The zero-order valence-electron chi connectivity index (χ0n) is 34.2. The van der Waals surface area contributed by atoms with Gasteiger partial charge in [-0.05, 0) is 70.2 Å². The number of imidazole rings is 1. The Bertz CT molecular complexity index is 3240. The molecule has 0 amide bonds. The highest BCUT2D eigenvalue weighted by Crippen LogP contribution is 2.44. The first-order valence-electron chi connectivity index (χ1n) is 20.3. The number of para-hydroxylation sites is 1. The lowest BCUT2D eigenvalue weighted by molar-refractivity contribution is 0.477. The van der Waals surface area contributed by atoms with Crippen molar-refractivity contribution in [2.45, 2.75) is 39.3 Å². The number of aromatic hydroxyl groups is 1. The molecular formula is C52H45N3O2Si2. The van der Waals surface area contributed by atoms with Crippen LogP contribution in [0.15, 0.2) is 162 Å². The topological polar surface area (TPSA) is 64.1 Å². The maximum atomic E-state index is 12.0. The molecule has 1 N–H and O–H groups in total. The van der Waals surface area contributed by atoms with Crippen molar-refractivity contribution in [1.29, 1.82) is 0 Å². The van der Waals surface area contributed by atoms with E-state index in [1.165, 1.54) is 10.4 Å². The first kappa shape index (κ1) is 36.8. The summed E-state index contributed by atoms with van der Waals surface area (Å²) in [6.45, 7) is 14.2. The van der Waals surface area contributed by atoms with Gasteiger partial charge in [-0.2, -0.15) is 0 Å². The molecule has 0 aliphatic rings. The number of benzene rings is 7. The molecule has 5 nitrogen and oxygen atoms in total. The minimum atomic E-state index is -1.95. The van der Waals surface area contributed by atoms with Crippen LogP contribution < -0.4 is 10.4 Å². The maximum absolute atomic E-state index is 12.0. The Hall–Kier alpha value is -6.55. The van der Waals surface area contributed by atoms with E-state index in [4.69, 9.17) is 14.4 Å². The lowest BCUT2D eigenvalue weighted by atomic mass is 9.96. The first-order chi connectivity index (χ1) is 28.4. The predicted octanol–water partition coefficient (Wildman–Crippen LogP) is 12.9. The van der Waals surface area contributed by atoms with Crippen molar-refractivity contribution in [3.8, 4) is 56.3 Å². The van der Waals surface area contributed by atoms with Crippen LogP contribution in [0.1, 0.15) is 0 Å². The highest BCUT2D eigenvalue weighted by molar-refractivity contribution is 6.89. The molecule has 7 heteroatoms. The van der Waals surface area contributed by atoms with Gasteiger partial charge in [0.05, 0.1) is 44.1 Å². The minimum Gasteiger partial charge on any atom is -0.507 e. The Labute approximate surface area is 346 Å². The third kappa shape index (κ3) is 6.38. The third-order valence-electron chi connectivity index (χ3n) is 11.7. The maximum Gasteiger partial charge on any atom is 0.149 e. The van der Waals surface area contributed by atoms with Crippen molar-refractivity contribution < 1.29 is 9.52 Å². The van der Waals surface area contributed by atoms with E-state index in [0.717, 1.165) is 82.9 Å². The average molecular weight is 800 g/mol. The molecule has 3 aromatic heterocycles. The highest BCUT2D eigenvalue weighted by atomic mass is 28.3. The molecule has 59 heavy (non-hydrogen) atoms. The van der Waals surface area contributed by atoms with Gasteiger partial charge >= 0.3 is 0 Å². The van der Waals surface area contributed by atoms with Crippen molar-refractivity contribution in [1.82, 2.24) is 14.5 Å². The summed E-state index contributed by atoms with van der Waals surface area (Å²) in [5, 5.41) is 18.9. The SMILES string of the molecule is C[Si](C)(C)c1ccc(-c2cc(-c3cc([Si](C)(C)C)cc4c3nc(-c3ccc(-c5ccccc5)cc3O)n4-c3cccc4ccccc34)c3oc4ccccc4c3c2)nc1. The summed E-state index contributed by atoms with van der Waals surface area (Å²) in [5.41, 5.74) is 11.0. The lowest BCUT2D eigenvalue weighted by Gasteiger charge is -2.20. The van der Waals surface area contributed by atoms with Crippen LogP contribution in [0.4, 0.5) is 0 Å². The average Bonchev–Trinajstić information content (AvgIpc) is 3.81. The molecule has 10 aromatic rings. The number of hydrogen-bond donors (Lipinski definition) is 1. The summed E-state index contributed by atoms with van der Waals surface area (Å²) in [5.74, 6) is 0.840. The third-order valence-corrected chi connectivity index (χ3v) is 15.7. The lowest BCUT2D eigenvalue weighted by Crippen LogP contribution is -2.37. The van der Waals surface area contributed by atoms with Crippen molar-refractivity contribution in [2.24, 2.45) is 0 Å². The van der Waals surface area contributed by atoms with Crippen molar-refractivity contribution in [2.75, 3.05) is 0 Å². The smallest absolute Gasteiger partial charge is 0.149 e. The highest BCUT2D eigenvalue weighted by Gasteiger charge is 2.28. The van der Waals surface area contributed by atoms with Crippen LogP contribution in [0, 0.1) is 0 Å². The quantitative estimate of drug-likeness (QED) is 0.163. The minimum absolute atomic E-state index is 0.171. The van der Waals surface area contributed by atoms with Crippen LogP contribution in [-0.2, 0) is 0 Å². The van der Waals surface area contributed by atoms with E-state index in [1.807, 2.05) is 42.5 Å². The van der Waals surface area contributed by atoms with Gasteiger partial charge in [-0.25, -0.2) is 4.98 Å². The monoisotopic (exact) mass is 799 g/mol. The number of nitrogens with zero attached hydrogens (tertiary/aromatic N) is 3. The molecule has 0 saturated carbocycles. The molecule has 0 fully saturated rings. The molecule has 0 unspecified atom stereocenters. The van der Waals surface area contributed by atoms with Gasteiger partial charge in [-0.3, -0.25) is 9.55 Å². The number of furan rings is 1. The van der Waals surface area contributed by atoms with Crippen LogP contribution in [0.3, 0.4) is 0 Å². The van der Waals surface area contributed by atoms with Gasteiger partial charge in [0.1, 0.15) is 22.7 Å². The number of aromatic nitrogens is 3. The normalized spacial score (nSPS) is 12.3. The number of fused-ring (bicyclic) bond motifs is 5. The second-order valence-electron chi connectivity index (χ2n) is 17.7. The fourth-order valence-corrected chi connectivity index (χ4v) is 10.5. The molecular weight excluding hydrogens is 755 g/mol. The summed E-state index contributed by atoms with van der Waals surface area (Å²) in [4.78, 5) is 10.7. The van der Waals surface area contributed by atoms with Gasteiger partial charge in [0, 0.05) is 39.0 Å². The molecule has 0 aliphatic carbocycles. The van der Waals surface area contributed by atoms with Crippen LogP contribution >= 0.6 is 0 Å². The molecule has 0 bridgehead atoms. The summed E-state index contributed by atoms with van der Waals surface area (Å²) in [7, 11) is -3.50. The fourth-order valence-electron chi connectivity index (χ4n) is 8.36.